The van der Waals surface area contributed by atoms with Crippen LogP contribution in [0.2, 0.25) is 5.02 Å². The molecule has 1 aliphatic carbocycles. The first-order valence-electron chi connectivity index (χ1n) is 12.8. The van der Waals surface area contributed by atoms with Gasteiger partial charge in [0.25, 0.3) is 0 Å². The van der Waals surface area contributed by atoms with E-state index in [1.165, 1.54) is 10.6 Å². The summed E-state index contributed by atoms with van der Waals surface area (Å²) in [7, 11) is -3.54. The van der Waals surface area contributed by atoms with Crippen LogP contribution in [0.25, 0.3) is 0 Å². The van der Waals surface area contributed by atoms with Gasteiger partial charge in [-0.3, -0.25) is 13.9 Å². The number of rotatable bonds is 11. The molecule has 0 bridgehead atoms. The van der Waals surface area contributed by atoms with E-state index in [9.17, 15) is 18.0 Å². The Morgan fingerprint density at radius 2 is 1.81 bits per heavy atom. The molecule has 1 N–H and O–H groups in total. The van der Waals surface area contributed by atoms with Crippen LogP contribution in [0.15, 0.2) is 42.5 Å². The number of halogens is 1. The van der Waals surface area contributed by atoms with E-state index in [4.69, 9.17) is 11.6 Å². The molecule has 0 aliphatic heterocycles. The molecule has 9 heteroatoms. The van der Waals surface area contributed by atoms with Crippen LogP contribution in [0.1, 0.15) is 62.1 Å². The standard InChI is InChI=1S/C28H38ClN3O4S/c1-20-14-15-21(2)26(17-20)32(37(4,35)36)16-8-13-27(33)31(19-23-9-7-10-24(29)18-23)22(3)28(34)30-25-11-5-6-12-25/h7,9-10,14-15,17-18,22,25H,5-6,8,11-13,16,19H2,1-4H3,(H,30,34)/t22-/m1/s1. The average Bonchev–Trinajstić information content (AvgIpc) is 3.34. The van der Waals surface area contributed by atoms with E-state index in [1.54, 1.807) is 24.0 Å². The Balaban J connectivity index is 1.74. The highest BCUT2D eigenvalue weighted by molar-refractivity contribution is 7.92. The van der Waals surface area contributed by atoms with Crippen LogP contribution in [0.3, 0.4) is 0 Å². The Bertz CT molecular complexity index is 1210. The van der Waals surface area contributed by atoms with Crippen molar-refractivity contribution in [3.8, 4) is 0 Å². The lowest BCUT2D eigenvalue weighted by Crippen LogP contribution is -2.49. The van der Waals surface area contributed by atoms with Crippen molar-refractivity contribution in [2.75, 3.05) is 17.1 Å². The Hall–Kier alpha value is -2.58. The maximum absolute atomic E-state index is 13.4. The molecule has 1 saturated carbocycles. The highest BCUT2D eigenvalue weighted by Gasteiger charge is 2.29. The summed E-state index contributed by atoms with van der Waals surface area (Å²) in [5, 5.41) is 3.65. The van der Waals surface area contributed by atoms with E-state index in [2.05, 4.69) is 5.32 Å². The van der Waals surface area contributed by atoms with E-state index < -0.39 is 16.1 Å². The van der Waals surface area contributed by atoms with E-state index in [-0.39, 0.29) is 37.4 Å². The van der Waals surface area contributed by atoms with Crippen molar-refractivity contribution in [3.63, 3.8) is 0 Å². The third-order valence-electron chi connectivity index (χ3n) is 6.90. The fourth-order valence-corrected chi connectivity index (χ4v) is 6.00. The van der Waals surface area contributed by atoms with Crippen molar-refractivity contribution in [1.82, 2.24) is 10.2 Å². The number of nitrogens with one attached hydrogen (secondary N) is 1. The van der Waals surface area contributed by atoms with Gasteiger partial charge in [-0.05, 0) is 74.9 Å². The third-order valence-corrected chi connectivity index (χ3v) is 8.31. The van der Waals surface area contributed by atoms with Crippen molar-refractivity contribution in [3.05, 3.63) is 64.2 Å². The molecule has 3 rings (SSSR count). The van der Waals surface area contributed by atoms with Crippen LogP contribution >= 0.6 is 11.6 Å². The smallest absolute Gasteiger partial charge is 0.242 e. The van der Waals surface area contributed by atoms with Crippen LogP contribution in [0.4, 0.5) is 5.69 Å². The summed E-state index contributed by atoms with van der Waals surface area (Å²) in [5.41, 5.74) is 3.26. The van der Waals surface area contributed by atoms with Gasteiger partial charge in [0.1, 0.15) is 6.04 Å². The number of carbonyl (C=O) groups excluding carboxylic acids is 2. The first-order valence-corrected chi connectivity index (χ1v) is 15.1. The highest BCUT2D eigenvalue weighted by Crippen LogP contribution is 2.25. The summed E-state index contributed by atoms with van der Waals surface area (Å²) in [6.07, 6.45) is 5.72. The van der Waals surface area contributed by atoms with E-state index in [1.807, 2.05) is 44.2 Å². The van der Waals surface area contributed by atoms with Crippen LogP contribution in [0.5, 0.6) is 0 Å². The van der Waals surface area contributed by atoms with Crippen LogP contribution in [-0.4, -0.2) is 50.0 Å². The first-order chi connectivity index (χ1) is 17.5. The number of amides is 2. The van der Waals surface area contributed by atoms with Gasteiger partial charge in [0.15, 0.2) is 0 Å². The Kier molecular flexibility index (Phi) is 10.0. The monoisotopic (exact) mass is 547 g/mol. The second-order valence-corrected chi connectivity index (χ2v) is 12.4. The van der Waals surface area contributed by atoms with Gasteiger partial charge >= 0.3 is 0 Å². The molecule has 0 saturated heterocycles. The second-order valence-electron chi connectivity index (χ2n) is 10.0. The van der Waals surface area contributed by atoms with Gasteiger partial charge in [-0.2, -0.15) is 0 Å². The van der Waals surface area contributed by atoms with E-state index in [0.29, 0.717) is 17.1 Å². The number of anilines is 1. The minimum atomic E-state index is -3.54. The zero-order valence-corrected chi connectivity index (χ0v) is 23.7. The zero-order valence-electron chi connectivity index (χ0n) is 22.2. The number of carbonyl (C=O) groups is 2. The van der Waals surface area contributed by atoms with Gasteiger partial charge in [-0.25, -0.2) is 8.42 Å². The van der Waals surface area contributed by atoms with Gasteiger partial charge in [0, 0.05) is 30.6 Å². The minimum Gasteiger partial charge on any atom is -0.352 e. The SMILES string of the molecule is Cc1ccc(C)c(N(CCCC(=O)N(Cc2cccc(Cl)c2)[C@H](C)C(=O)NC2CCCC2)S(C)(=O)=O)c1. The summed E-state index contributed by atoms with van der Waals surface area (Å²) in [4.78, 5) is 28.1. The predicted octanol–water partition coefficient (Wildman–Crippen LogP) is 4.98. The number of benzene rings is 2. The van der Waals surface area contributed by atoms with Crippen LogP contribution in [0, 0.1) is 13.8 Å². The molecular formula is C28H38ClN3O4S. The summed E-state index contributed by atoms with van der Waals surface area (Å²) in [6.45, 7) is 5.94. The molecule has 0 heterocycles. The molecule has 37 heavy (non-hydrogen) atoms. The summed E-state index contributed by atoms with van der Waals surface area (Å²) in [6, 6.07) is 12.4. The van der Waals surface area contributed by atoms with E-state index in [0.717, 1.165) is 42.4 Å². The van der Waals surface area contributed by atoms with Gasteiger partial charge < -0.3 is 10.2 Å². The lowest BCUT2D eigenvalue weighted by Gasteiger charge is -2.30. The molecule has 0 spiro atoms. The van der Waals surface area contributed by atoms with Crippen molar-refractivity contribution in [2.24, 2.45) is 0 Å². The van der Waals surface area contributed by atoms with Gasteiger partial charge in [0.05, 0.1) is 11.9 Å². The molecule has 2 aromatic rings. The molecule has 202 valence electrons. The van der Waals surface area contributed by atoms with Crippen molar-refractivity contribution >= 4 is 39.1 Å². The fraction of sp³-hybridized carbons (Fsp3) is 0.500. The highest BCUT2D eigenvalue weighted by atomic mass is 35.5. The molecule has 7 nitrogen and oxygen atoms in total. The van der Waals surface area contributed by atoms with Gasteiger partial charge in [-0.1, -0.05) is 48.7 Å². The first kappa shape index (κ1) is 29.0. The second kappa shape index (κ2) is 12.8. The largest absolute Gasteiger partial charge is 0.352 e. The van der Waals surface area contributed by atoms with Crippen molar-refractivity contribution in [1.29, 1.82) is 0 Å². The number of aryl methyl sites for hydroxylation is 2. The maximum Gasteiger partial charge on any atom is 0.242 e. The lowest BCUT2D eigenvalue weighted by molar-refractivity contribution is -0.141. The molecule has 2 amide bonds. The quantitative estimate of drug-likeness (QED) is 0.430. The Morgan fingerprint density at radius 1 is 1.11 bits per heavy atom. The van der Waals surface area contributed by atoms with Crippen LogP contribution < -0.4 is 9.62 Å². The minimum absolute atomic E-state index is 0.110. The molecule has 0 radical (unpaired) electrons. The van der Waals surface area contributed by atoms with Crippen molar-refractivity contribution in [2.45, 2.75) is 77.9 Å². The summed E-state index contributed by atoms with van der Waals surface area (Å²) >= 11 is 6.16. The topological polar surface area (TPSA) is 86.8 Å². The van der Waals surface area contributed by atoms with Gasteiger partial charge in [-0.15, -0.1) is 0 Å². The number of hydrogen-bond acceptors (Lipinski definition) is 4. The lowest BCUT2D eigenvalue weighted by atomic mass is 10.1. The van der Waals surface area contributed by atoms with Crippen molar-refractivity contribution < 1.29 is 18.0 Å². The number of hydrogen-bond donors (Lipinski definition) is 1. The Morgan fingerprint density at radius 3 is 2.46 bits per heavy atom. The molecule has 1 fully saturated rings. The molecule has 1 atom stereocenters. The van der Waals surface area contributed by atoms with Crippen LogP contribution in [-0.2, 0) is 26.2 Å². The molecular weight excluding hydrogens is 510 g/mol. The van der Waals surface area contributed by atoms with Gasteiger partial charge in [0.2, 0.25) is 21.8 Å². The summed E-state index contributed by atoms with van der Waals surface area (Å²) < 4.78 is 26.6. The predicted molar refractivity (Wildman–Crippen MR) is 149 cm³/mol. The van der Waals surface area contributed by atoms with E-state index >= 15 is 0 Å². The zero-order chi connectivity index (χ0) is 27.2. The molecule has 0 unspecified atom stereocenters. The molecule has 0 aromatic heterocycles. The summed E-state index contributed by atoms with van der Waals surface area (Å²) in [5.74, 6) is -0.376. The normalized spacial score (nSPS) is 14.8. The average molecular weight is 548 g/mol. The number of nitrogens with zero attached hydrogens (tertiary/aromatic N) is 2. The number of sulfonamides is 1. The molecule has 1 aliphatic rings. The fourth-order valence-electron chi connectivity index (χ4n) is 4.78. The maximum atomic E-state index is 13.4. The third kappa shape index (κ3) is 8.20. The molecule has 2 aromatic carbocycles. The Labute approximate surface area is 226 Å².